The maximum Gasteiger partial charge on any atom is 0.170 e. The van der Waals surface area contributed by atoms with Gasteiger partial charge in [-0.15, -0.1) is 5.10 Å². The zero-order valence-corrected chi connectivity index (χ0v) is 8.01. The van der Waals surface area contributed by atoms with Crippen molar-refractivity contribution >= 4 is 6.29 Å². The number of benzene rings is 1. The fraction of sp³-hybridized carbons (Fsp3) is 0.100. The Morgan fingerprint density at radius 1 is 1.33 bits per heavy atom. The second-order valence-corrected chi connectivity index (χ2v) is 3.07. The number of aryl methyl sites for hydroxylation is 1. The molecule has 15 heavy (non-hydrogen) atoms. The van der Waals surface area contributed by atoms with Crippen LogP contribution in [0, 0.1) is 5.82 Å². The number of carbonyl (C=O) groups is 1. The summed E-state index contributed by atoms with van der Waals surface area (Å²) in [5.74, 6) is -0.324. The van der Waals surface area contributed by atoms with Crippen LogP contribution in [-0.2, 0) is 7.05 Å². The van der Waals surface area contributed by atoms with Crippen LogP contribution in [0.4, 0.5) is 4.39 Å². The summed E-state index contributed by atoms with van der Waals surface area (Å²) in [6.07, 6.45) is 0.679. The fourth-order valence-electron chi connectivity index (χ4n) is 1.31. The van der Waals surface area contributed by atoms with Gasteiger partial charge in [0.25, 0.3) is 0 Å². The Hall–Kier alpha value is -2.04. The third-order valence-electron chi connectivity index (χ3n) is 2.10. The molecule has 0 amide bonds. The van der Waals surface area contributed by atoms with Crippen molar-refractivity contribution in [1.82, 2.24) is 15.0 Å². The van der Waals surface area contributed by atoms with E-state index in [9.17, 15) is 9.18 Å². The van der Waals surface area contributed by atoms with E-state index in [0.29, 0.717) is 23.2 Å². The van der Waals surface area contributed by atoms with Crippen molar-refractivity contribution in [3.8, 4) is 11.3 Å². The minimum absolute atomic E-state index is 0.324. The second kappa shape index (κ2) is 3.61. The van der Waals surface area contributed by atoms with Crippen LogP contribution in [0.25, 0.3) is 11.3 Å². The summed E-state index contributed by atoms with van der Waals surface area (Å²) in [4.78, 5) is 10.8. The van der Waals surface area contributed by atoms with Crippen LogP contribution < -0.4 is 0 Å². The normalized spacial score (nSPS) is 10.3. The monoisotopic (exact) mass is 205 g/mol. The van der Waals surface area contributed by atoms with Crippen LogP contribution in [0.1, 0.15) is 10.5 Å². The molecule has 0 radical (unpaired) electrons. The lowest BCUT2D eigenvalue weighted by molar-refractivity contribution is 0.111. The molecule has 0 aliphatic carbocycles. The number of aldehydes is 1. The first kappa shape index (κ1) is 9.51. The summed E-state index contributed by atoms with van der Waals surface area (Å²) < 4.78 is 14.1. The average Bonchev–Trinajstić information content (AvgIpc) is 2.61. The highest BCUT2D eigenvalue weighted by Crippen LogP contribution is 2.19. The maximum absolute atomic E-state index is 12.7. The van der Waals surface area contributed by atoms with Gasteiger partial charge in [0.1, 0.15) is 17.2 Å². The molecule has 1 heterocycles. The van der Waals surface area contributed by atoms with Gasteiger partial charge in [0.15, 0.2) is 6.29 Å². The largest absolute Gasteiger partial charge is 0.296 e. The molecule has 0 N–H and O–H groups in total. The fourth-order valence-corrected chi connectivity index (χ4v) is 1.31. The van der Waals surface area contributed by atoms with E-state index in [-0.39, 0.29) is 5.82 Å². The van der Waals surface area contributed by atoms with E-state index in [1.165, 1.54) is 16.8 Å². The van der Waals surface area contributed by atoms with Crippen molar-refractivity contribution in [1.29, 1.82) is 0 Å². The molecule has 76 valence electrons. The predicted octanol–water partition coefficient (Wildman–Crippen LogP) is 1.43. The quantitative estimate of drug-likeness (QED) is 0.697. The molecule has 0 unspecified atom stereocenters. The topological polar surface area (TPSA) is 47.8 Å². The van der Waals surface area contributed by atoms with Crippen molar-refractivity contribution in [2.45, 2.75) is 0 Å². The van der Waals surface area contributed by atoms with E-state index in [0.717, 1.165) is 0 Å². The molecule has 0 saturated carbocycles. The molecule has 1 aromatic heterocycles. The lowest BCUT2D eigenvalue weighted by Crippen LogP contribution is -1.96. The highest BCUT2D eigenvalue weighted by Gasteiger charge is 2.11. The van der Waals surface area contributed by atoms with Gasteiger partial charge in [-0.1, -0.05) is 5.21 Å². The Morgan fingerprint density at radius 2 is 2.00 bits per heavy atom. The highest BCUT2D eigenvalue weighted by molar-refractivity contribution is 5.83. The van der Waals surface area contributed by atoms with E-state index in [1.807, 2.05) is 0 Å². The van der Waals surface area contributed by atoms with Crippen molar-refractivity contribution in [3.63, 3.8) is 0 Å². The van der Waals surface area contributed by atoms with E-state index in [4.69, 9.17) is 0 Å². The standard InChI is InChI=1S/C10H8FN3O/c1-14-9(6-15)10(12-13-14)7-2-4-8(11)5-3-7/h2-6H,1H3. The smallest absolute Gasteiger partial charge is 0.170 e. The Kier molecular flexibility index (Phi) is 2.29. The van der Waals surface area contributed by atoms with Gasteiger partial charge in [0.05, 0.1) is 0 Å². The maximum atomic E-state index is 12.7. The number of hydrogen-bond donors (Lipinski definition) is 0. The molecule has 0 spiro atoms. The summed E-state index contributed by atoms with van der Waals surface area (Å²) in [7, 11) is 1.63. The molecule has 5 heteroatoms. The highest BCUT2D eigenvalue weighted by atomic mass is 19.1. The number of rotatable bonds is 2. The third-order valence-corrected chi connectivity index (χ3v) is 2.10. The number of hydrogen-bond acceptors (Lipinski definition) is 3. The molecule has 0 aliphatic rings. The van der Waals surface area contributed by atoms with Gasteiger partial charge in [-0.3, -0.25) is 4.79 Å². The number of halogens is 1. The number of carbonyl (C=O) groups excluding carboxylic acids is 1. The second-order valence-electron chi connectivity index (χ2n) is 3.07. The van der Waals surface area contributed by atoms with Crippen LogP contribution in [0.3, 0.4) is 0 Å². The molecule has 0 bridgehead atoms. The van der Waals surface area contributed by atoms with E-state index in [2.05, 4.69) is 10.3 Å². The Bertz CT molecular complexity index is 490. The molecule has 4 nitrogen and oxygen atoms in total. The predicted molar refractivity (Wildman–Crippen MR) is 51.8 cm³/mol. The Labute approximate surface area is 85.3 Å². The minimum atomic E-state index is -0.324. The van der Waals surface area contributed by atoms with Crippen molar-refractivity contribution in [2.75, 3.05) is 0 Å². The molecule has 1 aromatic carbocycles. The molecule has 0 aliphatic heterocycles. The molecule has 2 rings (SSSR count). The van der Waals surface area contributed by atoms with Gasteiger partial charge in [0, 0.05) is 12.6 Å². The van der Waals surface area contributed by atoms with Gasteiger partial charge in [-0.25, -0.2) is 9.07 Å². The van der Waals surface area contributed by atoms with Crippen LogP contribution in [0.2, 0.25) is 0 Å². The van der Waals surface area contributed by atoms with Gasteiger partial charge < -0.3 is 0 Å². The van der Waals surface area contributed by atoms with Crippen LogP contribution >= 0.6 is 0 Å². The zero-order valence-electron chi connectivity index (χ0n) is 8.01. The molecular weight excluding hydrogens is 197 g/mol. The van der Waals surface area contributed by atoms with Crippen molar-refractivity contribution in [2.24, 2.45) is 7.05 Å². The molecule has 0 atom stereocenters. The summed E-state index contributed by atoms with van der Waals surface area (Å²) in [5, 5.41) is 7.57. The zero-order chi connectivity index (χ0) is 10.8. The molecular formula is C10H8FN3O. The van der Waals surface area contributed by atoms with Gasteiger partial charge in [0.2, 0.25) is 0 Å². The van der Waals surface area contributed by atoms with E-state index >= 15 is 0 Å². The van der Waals surface area contributed by atoms with Crippen LogP contribution in [-0.4, -0.2) is 21.3 Å². The van der Waals surface area contributed by atoms with Gasteiger partial charge in [-0.2, -0.15) is 0 Å². The van der Waals surface area contributed by atoms with Crippen LogP contribution in [0.5, 0.6) is 0 Å². The van der Waals surface area contributed by atoms with Crippen molar-refractivity contribution in [3.05, 3.63) is 35.8 Å². The van der Waals surface area contributed by atoms with E-state index in [1.54, 1.807) is 19.2 Å². The Morgan fingerprint density at radius 3 is 2.60 bits per heavy atom. The number of nitrogens with zero attached hydrogens (tertiary/aromatic N) is 3. The first-order chi connectivity index (χ1) is 7.22. The lowest BCUT2D eigenvalue weighted by atomic mass is 10.1. The Balaban J connectivity index is 2.53. The first-order valence-electron chi connectivity index (χ1n) is 4.33. The molecule has 0 saturated heterocycles. The summed E-state index contributed by atoms with van der Waals surface area (Å²) in [6, 6.07) is 5.76. The summed E-state index contributed by atoms with van der Waals surface area (Å²) >= 11 is 0. The first-order valence-corrected chi connectivity index (χ1v) is 4.33. The SMILES string of the molecule is Cn1nnc(-c2ccc(F)cc2)c1C=O. The molecule has 0 fully saturated rings. The minimum Gasteiger partial charge on any atom is -0.296 e. The van der Waals surface area contributed by atoms with Gasteiger partial charge in [-0.05, 0) is 24.3 Å². The summed E-state index contributed by atoms with van der Waals surface area (Å²) in [6.45, 7) is 0. The lowest BCUT2D eigenvalue weighted by Gasteiger charge is -1.97. The molecule has 2 aromatic rings. The van der Waals surface area contributed by atoms with Gasteiger partial charge >= 0.3 is 0 Å². The average molecular weight is 205 g/mol. The van der Waals surface area contributed by atoms with E-state index < -0.39 is 0 Å². The van der Waals surface area contributed by atoms with Crippen LogP contribution in [0.15, 0.2) is 24.3 Å². The summed E-state index contributed by atoms with van der Waals surface area (Å²) in [5.41, 5.74) is 1.51. The third kappa shape index (κ3) is 1.63. The number of aromatic nitrogens is 3. The van der Waals surface area contributed by atoms with Crippen molar-refractivity contribution < 1.29 is 9.18 Å².